The molecule has 1 amide bonds. The van der Waals surface area contributed by atoms with Gasteiger partial charge in [0.05, 0.1) is 16.6 Å². The van der Waals surface area contributed by atoms with Gasteiger partial charge in [0.2, 0.25) is 5.91 Å². The maximum Gasteiger partial charge on any atom is 0.235 e. The zero-order valence-corrected chi connectivity index (χ0v) is 22.6. The highest BCUT2D eigenvalue weighted by atomic mass is 28.3. The van der Waals surface area contributed by atoms with E-state index in [1.54, 1.807) is 12.4 Å². The van der Waals surface area contributed by atoms with Gasteiger partial charge in [-0.3, -0.25) is 9.78 Å². The lowest BCUT2D eigenvalue weighted by Gasteiger charge is -2.15. The summed E-state index contributed by atoms with van der Waals surface area (Å²) in [6.07, 6.45) is 8.52. The van der Waals surface area contributed by atoms with Crippen LogP contribution in [0.25, 0.3) is 23.1 Å². The molecule has 2 aromatic carbocycles. The number of fused-ring (bicyclic) bond motifs is 3. The van der Waals surface area contributed by atoms with Crippen LogP contribution in [0.2, 0.25) is 25.7 Å². The van der Waals surface area contributed by atoms with Gasteiger partial charge in [0.25, 0.3) is 0 Å². The summed E-state index contributed by atoms with van der Waals surface area (Å²) in [6, 6.07) is 19.7. The Kier molecular flexibility index (Phi) is 5.85. The van der Waals surface area contributed by atoms with Gasteiger partial charge in [-0.2, -0.15) is 5.10 Å². The number of benzene rings is 2. The van der Waals surface area contributed by atoms with E-state index in [1.807, 2.05) is 35.0 Å². The molecule has 1 N–H and O–H groups in total. The molecule has 1 aliphatic heterocycles. The minimum atomic E-state index is -1.17. The number of ether oxygens (including phenoxy) is 1. The van der Waals surface area contributed by atoms with E-state index in [0.29, 0.717) is 6.73 Å². The van der Waals surface area contributed by atoms with Crippen molar-refractivity contribution in [2.45, 2.75) is 50.2 Å². The van der Waals surface area contributed by atoms with Crippen molar-refractivity contribution >= 4 is 42.7 Å². The summed E-state index contributed by atoms with van der Waals surface area (Å²) in [5.41, 5.74) is 5.80. The number of carbonyl (C=O) groups excluding carboxylic acids is 1. The van der Waals surface area contributed by atoms with Gasteiger partial charge in [-0.1, -0.05) is 56.0 Å². The summed E-state index contributed by atoms with van der Waals surface area (Å²) in [5.74, 6) is 0.274. The van der Waals surface area contributed by atoms with Crippen LogP contribution in [0.3, 0.4) is 0 Å². The van der Waals surface area contributed by atoms with Crippen molar-refractivity contribution in [3.63, 3.8) is 0 Å². The number of para-hydroxylation sites is 1. The van der Waals surface area contributed by atoms with Crippen LogP contribution in [0.15, 0.2) is 67.0 Å². The van der Waals surface area contributed by atoms with Crippen molar-refractivity contribution in [2.24, 2.45) is 0 Å². The van der Waals surface area contributed by atoms with Crippen molar-refractivity contribution in [3.8, 4) is 0 Å². The van der Waals surface area contributed by atoms with Gasteiger partial charge in [0, 0.05) is 44.1 Å². The molecule has 0 bridgehead atoms. The molecule has 2 aliphatic rings. The Morgan fingerprint density at radius 1 is 1.11 bits per heavy atom. The Morgan fingerprint density at radius 3 is 2.73 bits per heavy atom. The number of nitrogens with zero attached hydrogens (tertiary/aromatic N) is 3. The first-order chi connectivity index (χ1) is 17.8. The quantitative estimate of drug-likeness (QED) is 0.224. The highest BCUT2D eigenvalue weighted by molar-refractivity contribution is 6.76. The molecule has 0 unspecified atom stereocenters. The summed E-state index contributed by atoms with van der Waals surface area (Å²) in [7, 11) is -1.17. The largest absolute Gasteiger partial charge is 0.360 e. The van der Waals surface area contributed by atoms with Crippen LogP contribution in [0, 0.1) is 0 Å². The SMILES string of the molecule is C[Si](C)(C)CCOCn1nc(C=Cc2ccncc2)c2ccc([C@@H]3C[C@@]34C(=O)Nc3ccccc34)cc21. The Morgan fingerprint density at radius 2 is 1.92 bits per heavy atom. The number of aromatic nitrogens is 3. The molecule has 6 nitrogen and oxygen atoms in total. The van der Waals surface area contributed by atoms with Crippen LogP contribution >= 0.6 is 0 Å². The van der Waals surface area contributed by atoms with Crippen LogP contribution in [-0.4, -0.2) is 35.4 Å². The summed E-state index contributed by atoms with van der Waals surface area (Å²) in [6.45, 7) is 8.22. The molecule has 7 heteroatoms. The normalized spacial score (nSPS) is 20.6. The number of nitrogens with one attached hydrogen (secondary N) is 1. The van der Waals surface area contributed by atoms with Gasteiger partial charge in [0.1, 0.15) is 6.73 Å². The van der Waals surface area contributed by atoms with Crippen LogP contribution in [0.1, 0.15) is 34.7 Å². The number of carbonyl (C=O) groups is 1. The number of pyridine rings is 1. The number of rotatable bonds is 8. The molecule has 37 heavy (non-hydrogen) atoms. The van der Waals surface area contributed by atoms with E-state index in [0.717, 1.165) is 52.5 Å². The predicted molar refractivity (Wildman–Crippen MR) is 151 cm³/mol. The fourth-order valence-corrected chi connectivity index (χ4v) is 6.14. The van der Waals surface area contributed by atoms with E-state index >= 15 is 0 Å². The zero-order chi connectivity index (χ0) is 25.6. The first-order valence-electron chi connectivity index (χ1n) is 12.9. The molecule has 1 fully saturated rings. The summed E-state index contributed by atoms with van der Waals surface area (Å²) < 4.78 is 8.06. The average Bonchev–Trinajstić information content (AvgIpc) is 3.46. The second-order valence-corrected chi connectivity index (χ2v) is 17.0. The van der Waals surface area contributed by atoms with Crippen molar-refractivity contribution < 1.29 is 9.53 Å². The molecular weight excluding hydrogens is 476 g/mol. The monoisotopic (exact) mass is 508 g/mol. The summed E-state index contributed by atoms with van der Waals surface area (Å²) >= 11 is 0. The van der Waals surface area contributed by atoms with E-state index < -0.39 is 13.5 Å². The van der Waals surface area contributed by atoms with Gasteiger partial charge in [-0.05, 0) is 59.5 Å². The smallest absolute Gasteiger partial charge is 0.235 e. The molecule has 6 rings (SSSR count). The number of hydrogen-bond donors (Lipinski definition) is 1. The van der Waals surface area contributed by atoms with Crippen LogP contribution in [-0.2, 0) is 21.7 Å². The number of amides is 1. The fraction of sp³-hybridized carbons (Fsp3) is 0.300. The van der Waals surface area contributed by atoms with Crippen molar-refractivity contribution in [3.05, 3.63) is 89.4 Å². The predicted octanol–water partition coefficient (Wildman–Crippen LogP) is 6.29. The summed E-state index contributed by atoms with van der Waals surface area (Å²) in [4.78, 5) is 17.1. The molecule has 1 spiro atoms. The summed E-state index contributed by atoms with van der Waals surface area (Å²) in [5, 5.41) is 9.09. The van der Waals surface area contributed by atoms with E-state index in [1.165, 1.54) is 5.56 Å². The molecule has 2 atom stereocenters. The Bertz CT molecular complexity index is 1510. The molecular formula is C30H32N4O2Si. The Labute approximate surface area is 218 Å². The lowest BCUT2D eigenvalue weighted by Crippen LogP contribution is -2.22. The third-order valence-electron chi connectivity index (χ3n) is 7.58. The van der Waals surface area contributed by atoms with Gasteiger partial charge in [-0.25, -0.2) is 4.68 Å². The van der Waals surface area contributed by atoms with Gasteiger partial charge >= 0.3 is 0 Å². The second kappa shape index (κ2) is 9.08. The molecule has 0 radical (unpaired) electrons. The third kappa shape index (κ3) is 4.42. The van der Waals surface area contributed by atoms with Crippen molar-refractivity contribution in [1.29, 1.82) is 0 Å². The molecule has 4 aromatic rings. The standard InChI is InChI=1S/C30H32N4O2Si/c1-37(2,3)17-16-36-20-34-28-18-22(25-19-30(25)24-6-4-5-7-27(24)32-29(30)35)9-10-23(28)26(33-34)11-8-21-12-14-31-15-13-21/h4-15,18,25H,16-17,19-20H2,1-3H3,(H,32,35)/t25-,30-/m0/s1. The minimum absolute atomic E-state index is 0.114. The fourth-order valence-electron chi connectivity index (χ4n) is 5.39. The molecule has 3 heterocycles. The van der Waals surface area contributed by atoms with E-state index in [2.05, 4.69) is 66.4 Å². The molecule has 2 aromatic heterocycles. The topological polar surface area (TPSA) is 69.0 Å². The lowest BCUT2D eigenvalue weighted by atomic mass is 9.92. The van der Waals surface area contributed by atoms with Crippen LogP contribution < -0.4 is 5.32 Å². The van der Waals surface area contributed by atoms with E-state index in [9.17, 15) is 4.79 Å². The van der Waals surface area contributed by atoms with Crippen LogP contribution in [0.5, 0.6) is 0 Å². The molecule has 1 aliphatic carbocycles. The molecule has 0 saturated heterocycles. The number of hydrogen-bond acceptors (Lipinski definition) is 4. The Hall–Kier alpha value is -3.55. The van der Waals surface area contributed by atoms with Gasteiger partial charge < -0.3 is 10.1 Å². The van der Waals surface area contributed by atoms with Crippen molar-refractivity contribution in [1.82, 2.24) is 14.8 Å². The maximum atomic E-state index is 13.0. The van der Waals surface area contributed by atoms with Crippen molar-refractivity contribution in [2.75, 3.05) is 11.9 Å². The lowest BCUT2D eigenvalue weighted by molar-refractivity contribution is -0.118. The highest BCUT2D eigenvalue weighted by Gasteiger charge is 2.65. The zero-order valence-electron chi connectivity index (χ0n) is 21.6. The molecule has 1 saturated carbocycles. The third-order valence-corrected chi connectivity index (χ3v) is 9.28. The first-order valence-corrected chi connectivity index (χ1v) is 16.6. The second-order valence-electron chi connectivity index (χ2n) is 11.4. The minimum Gasteiger partial charge on any atom is -0.360 e. The highest BCUT2D eigenvalue weighted by Crippen LogP contribution is 2.65. The molecule has 188 valence electrons. The number of anilines is 1. The maximum absolute atomic E-state index is 13.0. The van der Waals surface area contributed by atoms with Gasteiger partial charge in [0.15, 0.2) is 0 Å². The first kappa shape index (κ1) is 23.8. The van der Waals surface area contributed by atoms with E-state index in [-0.39, 0.29) is 11.8 Å². The van der Waals surface area contributed by atoms with Crippen LogP contribution in [0.4, 0.5) is 5.69 Å². The Balaban J connectivity index is 1.33. The average molecular weight is 509 g/mol. The van der Waals surface area contributed by atoms with E-state index in [4.69, 9.17) is 9.84 Å². The van der Waals surface area contributed by atoms with Gasteiger partial charge in [-0.15, -0.1) is 0 Å².